The molecule has 1 aliphatic rings. The molecule has 0 fully saturated rings. The molecule has 0 atom stereocenters. The smallest absolute Gasteiger partial charge is 0.352 e. The number of hydrogen-bond acceptors (Lipinski definition) is 5. The molecule has 2 aromatic heterocycles. The summed E-state index contributed by atoms with van der Waals surface area (Å²) in [6.45, 7) is 5.07. The topological polar surface area (TPSA) is 92.8 Å². The second-order valence-electron chi connectivity index (χ2n) is 10.9. The number of aromatic nitrogens is 3. The average Bonchev–Trinajstić information content (AvgIpc) is 3.45. The number of aromatic carboxylic acids is 1. The Balaban J connectivity index is 1.40. The van der Waals surface area contributed by atoms with Gasteiger partial charge < -0.3 is 24.4 Å². The first-order valence-electron chi connectivity index (χ1n) is 14.3. The standard InChI is InChI=1S/C33H36N4O4/c1-22-30-27-13-6-12-25-26(14-7-20-41-29-15-5-10-23-9-3-4-11-24(23)29)32(33(39)40)36(31(25)27)17-8-16-35(2)21-28(30)34-37(22)18-19-38/h3-6,9-13,15,38H,7-8,14,16-21H2,1-2H3,(H,39,40). The van der Waals surface area contributed by atoms with E-state index in [9.17, 15) is 15.0 Å². The highest BCUT2D eigenvalue weighted by Gasteiger charge is 2.28. The lowest BCUT2D eigenvalue weighted by atomic mass is 9.98. The number of aliphatic hydroxyl groups excluding tert-OH is 1. The molecular formula is C33H36N4O4. The highest BCUT2D eigenvalue weighted by molar-refractivity contribution is 6.04. The van der Waals surface area contributed by atoms with Crippen LogP contribution in [0, 0.1) is 6.92 Å². The van der Waals surface area contributed by atoms with Crippen molar-refractivity contribution >= 4 is 27.6 Å². The average molecular weight is 553 g/mol. The van der Waals surface area contributed by atoms with Crippen LogP contribution < -0.4 is 4.74 Å². The van der Waals surface area contributed by atoms with E-state index in [4.69, 9.17) is 9.84 Å². The molecule has 8 heteroatoms. The summed E-state index contributed by atoms with van der Waals surface area (Å²) in [6.07, 6.45) is 2.10. The molecule has 0 spiro atoms. The van der Waals surface area contributed by atoms with E-state index in [0.717, 1.165) is 68.5 Å². The monoisotopic (exact) mass is 552 g/mol. The predicted octanol–water partition coefficient (Wildman–Crippen LogP) is 5.50. The maximum Gasteiger partial charge on any atom is 0.352 e. The Morgan fingerprint density at radius 2 is 1.80 bits per heavy atom. The number of nitrogens with zero attached hydrogens (tertiary/aromatic N) is 4. The van der Waals surface area contributed by atoms with Gasteiger partial charge in [-0.15, -0.1) is 0 Å². The molecule has 3 aromatic carbocycles. The number of carbonyl (C=O) groups is 1. The van der Waals surface area contributed by atoms with Crippen molar-refractivity contribution in [3.8, 4) is 16.9 Å². The van der Waals surface area contributed by atoms with E-state index in [2.05, 4.69) is 36.2 Å². The largest absolute Gasteiger partial charge is 0.493 e. The van der Waals surface area contributed by atoms with Crippen molar-refractivity contribution in [2.24, 2.45) is 0 Å². The zero-order valence-corrected chi connectivity index (χ0v) is 23.6. The van der Waals surface area contributed by atoms with Crippen LogP contribution in [0.25, 0.3) is 32.8 Å². The van der Waals surface area contributed by atoms with Crippen LogP contribution in [0.3, 0.4) is 0 Å². The molecule has 41 heavy (non-hydrogen) atoms. The summed E-state index contributed by atoms with van der Waals surface area (Å²) in [5.74, 6) is -0.0628. The molecule has 2 N–H and O–H groups in total. The number of hydrogen-bond donors (Lipinski definition) is 2. The number of ether oxygens (including phenoxy) is 1. The SMILES string of the molecule is Cc1c2c(nn1CCO)CN(C)CCCn1c(C(=O)O)c(CCCOc3cccc4ccccc34)c3cccc-2c31. The first-order valence-corrected chi connectivity index (χ1v) is 14.3. The number of aryl methyl sites for hydroxylation is 2. The van der Waals surface area contributed by atoms with E-state index in [1.54, 1.807) is 0 Å². The van der Waals surface area contributed by atoms with Crippen LogP contribution in [0.1, 0.15) is 40.3 Å². The Morgan fingerprint density at radius 1 is 1.02 bits per heavy atom. The van der Waals surface area contributed by atoms with Gasteiger partial charge in [0.1, 0.15) is 11.4 Å². The van der Waals surface area contributed by atoms with Gasteiger partial charge in [-0.1, -0.05) is 54.6 Å². The van der Waals surface area contributed by atoms with Crippen molar-refractivity contribution in [3.05, 3.63) is 83.3 Å². The lowest BCUT2D eigenvalue weighted by molar-refractivity contribution is 0.0684. The lowest BCUT2D eigenvalue weighted by Gasteiger charge is -2.20. The maximum absolute atomic E-state index is 12.8. The molecule has 0 aliphatic carbocycles. The Labute approximate surface area is 239 Å². The van der Waals surface area contributed by atoms with E-state index in [1.165, 1.54) is 0 Å². The highest BCUT2D eigenvalue weighted by atomic mass is 16.5. The van der Waals surface area contributed by atoms with E-state index in [0.29, 0.717) is 44.8 Å². The number of rotatable bonds is 8. The third-order valence-corrected chi connectivity index (χ3v) is 8.17. The van der Waals surface area contributed by atoms with Crippen molar-refractivity contribution in [1.29, 1.82) is 0 Å². The fourth-order valence-corrected chi connectivity index (χ4v) is 6.37. The number of carboxylic acid groups (broad SMARTS) is 1. The van der Waals surface area contributed by atoms with Crippen LogP contribution in [0.15, 0.2) is 60.7 Å². The van der Waals surface area contributed by atoms with Gasteiger partial charge in [0.15, 0.2) is 0 Å². The summed E-state index contributed by atoms with van der Waals surface area (Å²) in [6, 6.07) is 20.4. The molecule has 0 bridgehead atoms. The van der Waals surface area contributed by atoms with Gasteiger partial charge in [-0.3, -0.25) is 4.68 Å². The van der Waals surface area contributed by atoms with Crippen molar-refractivity contribution in [2.75, 3.05) is 26.8 Å². The summed E-state index contributed by atoms with van der Waals surface area (Å²) in [4.78, 5) is 15.0. The van der Waals surface area contributed by atoms with Crippen LogP contribution in [-0.4, -0.2) is 62.2 Å². The van der Waals surface area contributed by atoms with Crippen molar-refractivity contribution in [1.82, 2.24) is 19.2 Å². The molecule has 0 saturated carbocycles. The Bertz CT molecular complexity index is 1730. The third-order valence-electron chi connectivity index (χ3n) is 8.17. The normalized spacial score (nSPS) is 13.9. The number of benzene rings is 3. The molecule has 8 nitrogen and oxygen atoms in total. The number of fused-ring (bicyclic) bond motifs is 3. The van der Waals surface area contributed by atoms with Crippen LogP contribution >= 0.6 is 0 Å². The summed E-state index contributed by atoms with van der Waals surface area (Å²) in [7, 11) is 2.07. The molecule has 3 heterocycles. The molecule has 0 amide bonds. The van der Waals surface area contributed by atoms with E-state index >= 15 is 0 Å². The molecule has 212 valence electrons. The molecule has 0 saturated heterocycles. The number of aliphatic hydroxyl groups is 1. The Morgan fingerprint density at radius 3 is 2.63 bits per heavy atom. The minimum Gasteiger partial charge on any atom is -0.493 e. The fraction of sp³-hybridized carbons (Fsp3) is 0.333. The highest BCUT2D eigenvalue weighted by Crippen LogP contribution is 2.39. The zero-order chi connectivity index (χ0) is 28.5. The van der Waals surface area contributed by atoms with Crippen LogP contribution in [0.2, 0.25) is 0 Å². The maximum atomic E-state index is 12.8. The molecule has 6 rings (SSSR count). The van der Waals surface area contributed by atoms with Crippen LogP contribution in [-0.2, 0) is 26.1 Å². The van der Waals surface area contributed by atoms with Crippen molar-refractivity contribution in [2.45, 2.75) is 45.8 Å². The zero-order valence-electron chi connectivity index (χ0n) is 23.6. The van der Waals surface area contributed by atoms with Crippen LogP contribution in [0.5, 0.6) is 5.75 Å². The summed E-state index contributed by atoms with van der Waals surface area (Å²) < 4.78 is 10.1. The van der Waals surface area contributed by atoms with Gasteiger partial charge in [-0.25, -0.2) is 4.79 Å². The molecule has 1 aliphatic heterocycles. The quantitative estimate of drug-likeness (QED) is 0.247. The summed E-state index contributed by atoms with van der Waals surface area (Å²) in [5, 5.41) is 28.2. The molecule has 0 unspecified atom stereocenters. The van der Waals surface area contributed by atoms with Gasteiger partial charge in [-0.05, 0) is 56.8 Å². The first kappa shape index (κ1) is 27.1. The van der Waals surface area contributed by atoms with Crippen molar-refractivity contribution < 1.29 is 19.7 Å². The molecular weight excluding hydrogens is 516 g/mol. The third kappa shape index (κ3) is 4.98. The van der Waals surface area contributed by atoms with E-state index in [1.807, 2.05) is 52.6 Å². The fourth-order valence-electron chi connectivity index (χ4n) is 6.37. The van der Waals surface area contributed by atoms with Gasteiger partial charge >= 0.3 is 5.97 Å². The minimum atomic E-state index is -0.907. The van der Waals surface area contributed by atoms with Gasteiger partial charge in [0.2, 0.25) is 0 Å². The molecule has 5 aromatic rings. The van der Waals surface area contributed by atoms with Gasteiger partial charge in [0.25, 0.3) is 0 Å². The van der Waals surface area contributed by atoms with Crippen LogP contribution in [0.4, 0.5) is 0 Å². The Kier molecular flexibility index (Phi) is 7.51. The Hall–Kier alpha value is -4.14. The lowest BCUT2D eigenvalue weighted by Crippen LogP contribution is -2.22. The second-order valence-corrected chi connectivity index (χ2v) is 10.9. The number of para-hydroxylation sites is 1. The minimum absolute atomic E-state index is 0.00593. The summed E-state index contributed by atoms with van der Waals surface area (Å²) >= 11 is 0. The van der Waals surface area contributed by atoms with Gasteiger partial charge in [0, 0.05) is 40.7 Å². The number of carboxylic acids is 1. The first-order chi connectivity index (χ1) is 20.0. The molecule has 0 radical (unpaired) electrons. The van der Waals surface area contributed by atoms with Gasteiger partial charge in [-0.2, -0.15) is 5.10 Å². The van der Waals surface area contributed by atoms with E-state index < -0.39 is 5.97 Å². The predicted molar refractivity (Wildman–Crippen MR) is 161 cm³/mol. The van der Waals surface area contributed by atoms with E-state index in [-0.39, 0.29) is 6.61 Å². The van der Waals surface area contributed by atoms with Crippen molar-refractivity contribution in [3.63, 3.8) is 0 Å². The second kappa shape index (κ2) is 11.4. The summed E-state index contributed by atoms with van der Waals surface area (Å²) in [5.41, 5.74) is 6.11. The van der Waals surface area contributed by atoms with Gasteiger partial charge in [0.05, 0.1) is 31.0 Å².